The number of rotatable bonds is 8. The summed E-state index contributed by atoms with van der Waals surface area (Å²) in [6.07, 6.45) is 0. The fraction of sp³-hybridized carbons (Fsp3) is 0.318. The standard InChI is InChI=1S/C22H25ClN4O2S/c1-14(2)13-24-21(28)15(3)30-22-26-25-20(16-6-5-7-19(12-16)29-4)27(22)18-10-8-17(23)9-11-18/h5-12,14-15H,13H2,1-4H3,(H,24,28). The number of nitrogens with zero attached hydrogens (tertiary/aromatic N) is 3. The zero-order valence-electron chi connectivity index (χ0n) is 17.4. The Morgan fingerprint density at radius 1 is 1.17 bits per heavy atom. The molecule has 0 fully saturated rings. The SMILES string of the molecule is COc1cccc(-c2nnc(SC(C)C(=O)NCC(C)C)n2-c2ccc(Cl)cc2)c1. The minimum atomic E-state index is -0.322. The first-order valence-corrected chi connectivity index (χ1v) is 10.9. The normalized spacial score (nSPS) is 12.1. The van der Waals surface area contributed by atoms with Gasteiger partial charge < -0.3 is 10.1 Å². The molecule has 1 N–H and O–H groups in total. The molecule has 158 valence electrons. The summed E-state index contributed by atoms with van der Waals surface area (Å²) >= 11 is 7.45. The van der Waals surface area contributed by atoms with Crippen LogP contribution in [0.15, 0.2) is 53.7 Å². The Balaban J connectivity index is 1.98. The number of nitrogens with one attached hydrogen (secondary N) is 1. The summed E-state index contributed by atoms with van der Waals surface area (Å²) in [6.45, 7) is 6.64. The second-order valence-electron chi connectivity index (χ2n) is 7.25. The van der Waals surface area contributed by atoms with Crippen LogP contribution in [0.5, 0.6) is 5.75 Å². The van der Waals surface area contributed by atoms with Gasteiger partial charge in [0, 0.05) is 22.8 Å². The molecule has 0 aliphatic carbocycles. The third kappa shape index (κ3) is 5.34. The zero-order chi connectivity index (χ0) is 21.7. The Labute approximate surface area is 186 Å². The van der Waals surface area contributed by atoms with E-state index in [2.05, 4.69) is 29.4 Å². The van der Waals surface area contributed by atoms with E-state index in [-0.39, 0.29) is 11.2 Å². The van der Waals surface area contributed by atoms with Crippen LogP contribution in [0.3, 0.4) is 0 Å². The number of carbonyl (C=O) groups excluding carboxylic acids is 1. The summed E-state index contributed by atoms with van der Waals surface area (Å²) in [5, 5.41) is 12.7. The van der Waals surface area contributed by atoms with Crippen LogP contribution in [-0.2, 0) is 4.79 Å². The summed E-state index contributed by atoms with van der Waals surface area (Å²) in [5.41, 5.74) is 1.72. The maximum atomic E-state index is 12.5. The summed E-state index contributed by atoms with van der Waals surface area (Å²) in [6, 6.07) is 15.1. The Hall–Kier alpha value is -2.51. The Morgan fingerprint density at radius 2 is 1.90 bits per heavy atom. The molecule has 1 aromatic heterocycles. The van der Waals surface area contributed by atoms with Gasteiger partial charge in [0.05, 0.1) is 12.4 Å². The molecule has 3 aromatic rings. The molecule has 6 nitrogen and oxygen atoms in total. The lowest BCUT2D eigenvalue weighted by atomic mass is 10.2. The molecule has 0 radical (unpaired) electrons. The molecule has 30 heavy (non-hydrogen) atoms. The molecule has 1 atom stereocenters. The molecule has 1 amide bonds. The average molecular weight is 445 g/mol. The molecule has 3 rings (SSSR count). The van der Waals surface area contributed by atoms with Gasteiger partial charge in [0.1, 0.15) is 5.75 Å². The quantitative estimate of drug-likeness (QED) is 0.503. The summed E-state index contributed by atoms with van der Waals surface area (Å²) < 4.78 is 7.29. The van der Waals surface area contributed by atoms with Crippen molar-refractivity contribution in [3.8, 4) is 22.8 Å². The van der Waals surface area contributed by atoms with Gasteiger partial charge in [-0.15, -0.1) is 10.2 Å². The van der Waals surface area contributed by atoms with Crippen molar-refractivity contribution in [3.63, 3.8) is 0 Å². The first kappa shape index (κ1) is 22.2. The number of carbonyl (C=O) groups is 1. The van der Waals surface area contributed by atoms with Gasteiger partial charge in [0.25, 0.3) is 0 Å². The van der Waals surface area contributed by atoms with Crippen LogP contribution in [-0.4, -0.2) is 39.6 Å². The number of amides is 1. The number of aromatic nitrogens is 3. The van der Waals surface area contributed by atoms with Crippen molar-refractivity contribution >= 4 is 29.3 Å². The van der Waals surface area contributed by atoms with Crippen LogP contribution in [0, 0.1) is 5.92 Å². The first-order valence-electron chi connectivity index (χ1n) is 9.69. The van der Waals surface area contributed by atoms with E-state index in [1.165, 1.54) is 11.8 Å². The number of hydrogen-bond acceptors (Lipinski definition) is 5. The number of ether oxygens (including phenoxy) is 1. The van der Waals surface area contributed by atoms with E-state index in [1.807, 2.05) is 60.0 Å². The highest BCUT2D eigenvalue weighted by atomic mass is 35.5. The Kier molecular flexibility index (Phi) is 7.39. The van der Waals surface area contributed by atoms with Crippen molar-refractivity contribution in [2.24, 2.45) is 5.92 Å². The number of halogens is 1. The number of thioether (sulfide) groups is 1. The van der Waals surface area contributed by atoms with Crippen LogP contribution in [0.1, 0.15) is 20.8 Å². The largest absolute Gasteiger partial charge is 0.497 e. The van der Waals surface area contributed by atoms with Crippen LogP contribution < -0.4 is 10.1 Å². The van der Waals surface area contributed by atoms with Gasteiger partial charge in [-0.05, 0) is 49.2 Å². The molecule has 0 spiro atoms. The molecule has 0 saturated heterocycles. The van der Waals surface area contributed by atoms with Crippen molar-refractivity contribution < 1.29 is 9.53 Å². The fourth-order valence-electron chi connectivity index (χ4n) is 2.78. The molecule has 2 aromatic carbocycles. The highest BCUT2D eigenvalue weighted by Crippen LogP contribution is 2.31. The molecule has 8 heteroatoms. The lowest BCUT2D eigenvalue weighted by Gasteiger charge is -2.15. The van der Waals surface area contributed by atoms with Gasteiger partial charge >= 0.3 is 0 Å². The lowest BCUT2D eigenvalue weighted by molar-refractivity contribution is -0.120. The van der Waals surface area contributed by atoms with Gasteiger partial charge in [-0.25, -0.2) is 0 Å². The monoisotopic (exact) mass is 444 g/mol. The fourth-order valence-corrected chi connectivity index (χ4v) is 3.80. The van der Waals surface area contributed by atoms with E-state index in [9.17, 15) is 4.79 Å². The number of benzene rings is 2. The van der Waals surface area contributed by atoms with Gasteiger partial charge in [-0.1, -0.05) is 49.3 Å². The van der Waals surface area contributed by atoms with Crippen molar-refractivity contribution in [2.75, 3.05) is 13.7 Å². The molecule has 1 heterocycles. The molecular formula is C22H25ClN4O2S. The Morgan fingerprint density at radius 3 is 2.57 bits per heavy atom. The van der Waals surface area contributed by atoms with E-state index in [4.69, 9.17) is 16.3 Å². The molecule has 0 saturated carbocycles. The van der Waals surface area contributed by atoms with Crippen LogP contribution in [0.4, 0.5) is 0 Å². The first-order chi connectivity index (χ1) is 14.4. The third-order valence-corrected chi connectivity index (χ3v) is 5.68. The minimum Gasteiger partial charge on any atom is -0.497 e. The van der Waals surface area contributed by atoms with E-state index in [0.29, 0.717) is 28.5 Å². The number of hydrogen-bond donors (Lipinski definition) is 1. The van der Waals surface area contributed by atoms with Gasteiger partial charge in [-0.3, -0.25) is 9.36 Å². The zero-order valence-corrected chi connectivity index (χ0v) is 19.0. The number of methoxy groups -OCH3 is 1. The third-order valence-electron chi connectivity index (χ3n) is 4.38. The van der Waals surface area contributed by atoms with Gasteiger partial charge in [0.15, 0.2) is 11.0 Å². The van der Waals surface area contributed by atoms with E-state index in [0.717, 1.165) is 17.0 Å². The molecule has 0 aliphatic heterocycles. The van der Waals surface area contributed by atoms with E-state index >= 15 is 0 Å². The lowest BCUT2D eigenvalue weighted by Crippen LogP contribution is -2.33. The van der Waals surface area contributed by atoms with E-state index in [1.54, 1.807) is 7.11 Å². The summed E-state index contributed by atoms with van der Waals surface area (Å²) in [7, 11) is 1.63. The predicted molar refractivity (Wildman–Crippen MR) is 122 cm³/mol. The predicted octanol–water partition coefficient (Wildman–Crippen LogP) is 4.85. The van der Waals surface area contributed by atoms with Crippen LogP contribution in [0.2, 0.25) is 5.02 Å². The highest BCUT2D eigenvalue weighted by Gasteiger charge is 2.22. The minimum absolute atomic E-state index is 0.0257. The second kappa shape index (κ2) is 10.00. The average Bonchev–Trinajstić information content (AvgIpc) is 3.16. The molecule has 1 unspecified atom stereocenters. The Bertz CT molecular complexity index is 1000. The van der Waals surface area contributed by atoms with Crippen molar-refractivity contribution in [2.45, 2.75) is 31.2 Å². The second-order valence-corrected chi connectivity index (χ2v) is 8.99. The van der Waals surface area contributed by atoms with Crippen molar-refractivity contribution in [3.05, 3.63) is 53.6 Å². The molecule has 0 aliphatic rings. The van der Waals surface area contributed by atoms with Gasteiger partial charge in [-0.2, -0.15) is 0 Å². The van der Waals surface area contributed by atoms with Crippen LogP contribution >= 0.6 is 23.4 Å². The van der Waals surface area contributed by atoms with Gasteiger partial charge in [0.2, 0.25) is 5.91 Å². The maximum absolute atomic E-state index is 12.5. The maximum Gasteiger partial charge on any atom is 0.233 e. The van der Waals surface area contributed by atoms with Crippen molar-refractivity contribution in [1.82, 2.24) is 20.1 Å². The summed E-state index contributed by atoms with van der Waals surface area (Å²) in [5.74, 6) is 1.76. The van der Waals surface area contributed by atoms with Crippen LogP contribution in [0.25, 0.3) is 17.1 Å². The van der Waals surface area contributed by atoms with E-state index < -0.39 is 0 Å². The smallest absolute Gasteiger partial charge is 0.233 e. The topological polar surface area (TPSA) is 69.0 Å². The molecule has 0 bridgehead atoms. The van der Waals surface area contributed by atoms with Crippen molar-refractivity contribution in [1.29, 1.82) is 0 Å². The molecular weight excluding hydrogens is 420 g/mol. The summed E-state index contributed by atoms with van der Waals surface area (Å²) in [4.78, 5) is 12.5. The highest BCUT2D eigenvalue weighted by molar-refractivity contribution is 8.00.